The number of carbonyl (C=O) groups is 2. The van der Waals surface area contributed by atoms with Gasteiger partial charge in [0.05, 0.1) is 6.33 Å². The van der Waals surface area contributed by atoms with Crippen LogP contribution in [0.2, 0.25) is 0 Å². The standard InChI is InChI=1S/C22H30FN3O3/c1-21(2,3)25-19(27)17-8-7-9-18-16(17)10-11-26(18)14-15(12-23)13-24-20(28)29-22(4,5)6/h7-12H,13-14H2,1-6H3,(H,24,28)(H,25,27). The fourth-order valence-corrected chi connectivity index (χ4v) is 2.81. The smallest absolute Gasteiger partial charge is 0.407 e. The van der Waals surface area contributed by atoms with Crippen LogP contribution in [0.25, 0.3) is 10.9 Å². The summed E-state index contributed by atoms with van der Waals surface area (Å²) in [4.78, 5) is 24.4. The Morgan fingerprint density at radius 1 is 1.14 bits per heavy atom. The molecule has 0 unspecified atom stereocenters. The highest BCUT2D eigenvalue weighted by Gasteiger charge is 2.19. The third-order valence-corrected chi connectivity index (χ3v) is 3.93. The lowest BCUT2D eigenvalue weighted by Gasteiger charge is -2.21. The highest BCUT2D eigenvalue weighted by Crippen LogP contribution is 2.22. The number of benzene rings is 1. The summed E-state index contributed by atoms with van der Waals surface area (Å²) in [5.41, 5.74) is 0.777. The summed E-state index contributed by atoms with van der Waals surface area (Å²) in [5, 5.41) is 6.30. The van der Waals surface area contributed by atoms with Crippen molar-refractivity contribution >= 4 is 22.9 Å². The average molecular weight is 403 g/mol. The van der Waals surface area contributed by atoms with E-state index in [0.29, 0.717) is 17.5 Å². The minimum absolute atomic E-state index is 0.0231. The third kappa shape index (κ3) is 6.62. The Balaban J connectivity index is 2.15. The van der Waals surface area contributed by atoms with Gasteiger partial charge in [-0.3, -0.25) is 4.79 Å². The number of carbonyl (C=O) groups excluding carboxylic acids is 2. The lowest BCUT2D eigenvalue weighted by molar-refractivity contribution is 0.0532. The number of nitrogens with zero attached hydrogens (tertiary/aromatic N) is 1. The van der Waals surface area contributed by atoms with Gasteiger partial charge in [0.15, 0.2) is 0 Å². The molecule has 0 saturated carbocycles. The van der Waals surface area contributed by atoms with Crippen molar-refractivity contribution in [3.05, 3.63) is 47.9 Å². The van der Waals surface area contributed by atoms with E-state index in [-0.39, 0.29) is 24.5 Å². The van der Waals surface area contributed by atoms with Gasteiger partial charge in [-0.05, 0) is 65.3 Å². The first kappa shape index (κ1) is 22.5. The molecule has 158 valence electrons. The summed E-state index contributed by atoms with van der Waals surface area (Å²) in [6.07, 6.45) is 1.69. The zero-order valence-corrected chi connectivity index (χ0v) is 17.9. The summed E-state index contributed by atoms with van der Waals surface area (Å²) in [6.45, 7) is 11.3. The lowest BCUT2D eigenvalue weighted by Crippen LogP contribution is -2.40. The number of alkyl carbamates (subject to hydrolysis) is 1. The van der Waals surface area contributed by atoms with Gasteiger partial charge in [0.1, 0.15) is 5.60 Å². The van der Waals surface area contributed by atoms with E-state index in [9.17, 15) is 14.0 Å². The Hall–Kier alpha value is -2.83. The second kappa shape index (κ2) is 8.68. The van der Waals surface area contributed by atoms with Gasteiger partial charge in [0.25, 0.3) is 5.91 Å². The summed E-state index contributed by atoms with van der Waals surface area (Å²) in [7, 11) is 0. The predicted molar refractivity (Wildman–Crippen MR) is 113 cm³/mol. The molecule has 7 heteroatoms. The zero-order chi connectivity index (χ0) is 21.8. The molecular formula is C22H30FN3O3. The summed E-state index contributed by atoms with van der Waals surface area (Å²) >= 11 is 0. The molecule has 0 bridgehead atoms. The molecule has 2 rings (SSSR count). The van der Waals surface area contributed by atoms with Crippen LogP contribution >= 0.6 is 0 Å². The number of amides is 2. The number of nitrogens with one attached hydrogen (secondary N) is 2. The van der Waals surface area contributed by atoms with Gasteiger partial charge in [0.2, 0.25) is 0 Å². The van der Waals surface area contributed by atoms with Crippen molar-refractivity contribution in [1.82, 2.24) is 15.2 Å². The van der Waals surface area contributed by atoms with E-state index < -0.39 is 11.7 Å². The van der Waals surface area contributed by atoms with E-state index in [0.717, 1.165) is 10.9 Å². The number of hydrogen-bond acceptors (Lipinski definition) is 3. The molecule has 0 aliphatic heterocycles. The number of hydrogen-bond donors (Lipinski definition) is 2. The molecule has 6 nitrogen and oxygen atoms in total. The minimum atomic E-state index is -0.621. The van der Waals surface area contributed by atoms with Gasteiger partial charge >= 0.3 is 6.09 Å². The highest BCUT2D eigenvalue weighted by atomic mass is 19.1. The van der Waals surface area contributed by atoms with Gasteiger partial charge in [-0.15, -0.1) is 0 Å². The van der Waals surface area contributed by atoms with Gasteiger partial charge in [-0.1, -0.05) is 6.07 Å². The van der Waals surface area contributed by atoms with Crippen molar-refractivity contribution in [2.45, 2.75) is 59.2 Å². The zero-order valence-electron chi connectivity index (χ0n) is 17.9. The highest BCUT2D eigenvalue weighted by molar-refractivity contribution is 6.06. The number of ether oxygens (including phenoxy) is 1. The average Bonchev–Trinajstić information content (AvgIpc) is 2.98. The van der Waals surface area contributed by atoms with Gasteiger partial charge in [-0.25, -0.2) is 9.18 Å². The predicted octanol–water partition coefficient (Wildman–Crippen LogP) is 4.55. The fourth-order valence-electron chi connectivity index (χ4n) is 2.81. The largest absolute Gasteiger partial charge is 0.444 e. The molecule has 2 N–H and O–H groups in total. The lowest BCUT2D eigenvalue weighted by atomic mass is 10.1. The second-order valence-electron chi connectivity index (χ2n) is 9.01. The molecule has 29 heavy (non-hydrogen) atoms. The fraction of sp³-hybridized carbons (Fsp3) is 0.455. The van der Waals surface area contributed by atoms with Crippen LogP contribution < -0.4 is 10.6 Å². The van der Waals surface area contributed by atoms with E-state index >= 15 is 0 Å². The number of rotatable bonds is 5. The minimum Gasteiger partial charge on any atom is -0.444 e. The number of fused-ring (bicyclic) bond motifs is 1. The van der Waals surface area contributed by atoms with Crippen molar-refractivity contribution < 1.29 is 18.7 Å². The third-order valence-electron chi connectivity index (χ3n) is 3.93. The van der Waals surface area contributed by atoms with E-state index in [1.165, 1.54) is 0 Å². The van der Waals surface area contributed by atoms with Crippen LogP contribution in [0.4, 0.5) is 9.18 Å². The molecule has 2 amide bonds. The van der Waals surface area contributed by atoms with E-state index in [1.807, 2.05) is 37.5 Å². The van der Waals surface area contributed by atoms with Crippen molar-refractivity contribution in [3.8, 4) is 0 Å². The summed E-state index contributed by atoms with van der Waals surface area (Å²) in [6, 6.07) is 7.28. The Bertz CT molecular complexity index is 918. The van der Waals surface area contributed by atoms with Crippen LogP contribution in [0.15, 0.2) is 42.4 Å². The van der Waals surface area contributed by atoms with Crippen LogP contribution in [0.1, 0.15) is 51.9 Å². The molecule has 1 aromatic carbocycles. The molecule has 2 aromatic rings. The van der Waals surface area contributed by atoms with Crippen molar-refractivity contribution in [3.63, 3.8) is 0 Å². The molecule has 0 spiro atoms. The van der Waals surface area contributed by atoms with Crippen LogP contribution in [-0.4, -0.2) is 34.3 Å². The SMILES string of the molecule is CC(C)(C)NC(=O)c1cccc2c1ccn2CC(=CF)CNC(=O)OC(C)(C)C. The normalized spacial score (nSPS) is 12.7. The van der Waals surface area contributed by atoms with Crippen LogP contribution in [-0.2, 0) is 11.3 Å². The van der Waals surface area contributed by atoms with Crippen molar-refractivity contribution in [1.29, 1.82) is 0 Å². The van der Waals surface area contributed by atoms with Gasteiger partial charge < -0.3 is 19.9 Å². The first-order chi connectivity index (χ1) is 13.4. The Morgan fingerprint density at radius 3 is 2.41 bits per heavy atom. The van der Waals surface area contributed by atoms with Gasteiger partial charge in [-0.2, -0.15) is 0 Å². The molecule has 0 radical (unpaired) electrons. The van der Waals surface area contributed by atoms with Gasteiger partial charge in [0, 0.05) is 41.3 Å². The van der Waals surface area contributed by atoms with Crippen molar-refractivity contribution in [2.24, 2.45) is 0 Å². The maximum atomic E-state index is 13.4. The van der Waals surface area contributed by atoms with E-state index in [1.54, 1.807) is 39.1 Å². The monoisotopic (exact) mass is 403 g/mol. The Kier molecular flexibility index (Phi) is 6.72. The van der Waals surface area contributed by atoms with E-state index in [2.05, 4.69) is 10.6 Å². The van der Waals surface area contributed by atoms with Crippen molar-refractivity contribution in [2.75, 3.05) is 6.54 Å². The summed E-state index contributed by atoms with van der Waals surface area (Å²) < 4.78 is 20.4. The topological polar surface area (TPSA) is 72.4 Å². The molecule has 1 heterocycles. The molecule has 0 aliphatic rings. The van der Waals surface area contributed by atoms with E-state index in [4.69, 9.17) is 4.74 Å². The quantitative estimate of drug-likeness (QED) is 0.769. The maximum Gasteiger partial charge on any atom is 0.407 e. The van der Waals surface area contributed by atoms with Crippen LogP contribution in [0.5, 0.6) is 0 Å². The second-order valence-corrected chi connectivity index (χ2v) is 9.01. The van der Waals surface area contributed by atoms with Crippen LogP contribution in [0, 0.1) is 0 Å². The Morgan fingerprint density at radius 2 is 1.83 bits per heavy atom. The Labute approximate surface area is 171 Å². The number of halogens is 1. The van der Waals surface area contributed by atoms with Crippen LogP contribution in [0.3, 0.4) is 0 Å². The molecule has 0 atom stereocenters. The maximum absolute atomic E-state index is 13.4. The molecule has 0 fully saturated rings. The number of aromatic nitrogens is 1. The summed E-state index contributed by atoms with van der Waals surface area (Å²) in [5.74, 6) is -0.159. The first-order valence-electron chi connectivity index (χ1n) is 9.55. The first-order valence-corrected chi connectivity index (χ1v) is 9.55. The molecular weight excluding hydrogens is 373 g/mol. The molecule has 0 aliphatic carbocycles. The molecule has 1 aromatic heterocycles. The molecule has 0 saturated heterocycles.